The molecule has 0 unspecified atom stereocenters. The highest BCUT2D eigenvalue weighted by atomic mass is 16.5. The normalized spacial score (nSPS) is 11.1. The summed E-state index contributed by atoms with van der Waals surface area (Å²) in [5.41, 5.74) is 3.23. The molecule has 6 heteroatoms. The number of carbonyl (C=O) groups is 2. The maximum absolute atomic E-state index is 12.4. The molecule has 0 saturated carbocycles. The van der Waals surface area contributed by atoms with Crippen molar-refractivity contribution in [1.82, 2.24) is 4.57 Å². The van der Waals surface area contributed by atoms with E-state index in [1.165, 1.54) is 6.08 Å². The van der Waals surface area contributed by atoms with Crippen molar-refractivity contribution >= 4 is 17.8 Å². The van der Waals surface area contributed by atoms with Crippen molar-refractivity contribution in [3.8, 4) is 11.5 Å². The minimum absolute atomic E-state index is 0.215. The molecule has 1 aromatic carbocycles. The third-order valence-corrected chi connectivity index (χ3v) is 4.47. The van der Waals surface area contributed by atoms with E-state index in [1.807, 2.05) is 19.9 Å². The highest BCUT2D eigenvalue weighted by Gasteiger charge is 2.18. The molecule has 1 heterocycles. The summed E-state index contributed by atoms with van der Waals surface area (Å²) in [7, 11) is 3.10. The first kappa shape index (κ1) is 21.3. The van der Waals surface area contributed by atoms with Gasteiger partial charge in [0.1, 0.15) is 0 Å². The maximum Gasteiger partial charge on any atom is 0.331 e. The van der Waals surface area contributed by atoms with Crippen LogP contribution >= 0.6 is 0 Å². The summed E-state index contributed by atoms with van der Waals surface area (Å²) < 4.78 is 17.6. The molecule has 2 rings (SSSR count). The SMILES string of the molecule is COc1ccc(/C=C/C(=O)OCC(=O)c2cc(C)n(C(C)C)c2C)cc1OC. The highest BCUT2D eigenvalue weighted by molar-refractivity contribution is 6.00. The standard InChI is InChI=1S/C22H27NO5/c1-14(2)23-15(3)11-18(16(23)4)19(24)13-28-22(25)10-8-17-7-9-20(26-5)21(12-17)27-6/h7-12,14H,13H2,1-6H3/b10-8+. The number of Topliss-reactive ketones (excluding diaryl/α,β-unsaturated/α-hetero) is 1. The summed E-state index contributed by atoms with van der Waals surface area (Å²) in [4.78, 5) is 24.4. The Bertz CT molecular complexity index is 893. The van der Waals surface area contributed by atoms with E-state index in [-0.39, 0.29) is 18.4 Å². The first-order valence-electron chi connectivity index (χ1n) is 9.07. The van der Waals surface area contributed by atoms with Crippen molar-refractivity contribution in [2.45, 2.75) is 33.7 Å². The Labute approximate surface area is 165 Å². The molecule has 0 aliphatic rings. The molecule has 0 saturated heterocycles. The number of carbonyl (C=O) groups excluding carboxylic acids is 2. The van der Waals surface area contributed by atoms with Gasteiger partial charge in [-0.25, -0.2) is 4.79 Å². The molecule has 0 amide bonds. The molecular formula is C22H27NO5. The van der Waals surface area contributed by atoms with Crippen molar-refractivity contribution in [1.29, 1.82) is 0 Å². The second kappa shape index (κ2) is 9.26. The fourth-order valence-corrected chi connectivity index (χ4v) is 3.24. The molecule has 0 N–H and O–H groups in total. The number of rotatable bonds is 8. The molecule has 0 bridgehead atoms. The van der Waals surface area contributed by atoms with E-state index in [2.05, 4.69) is 18.4 Å². The Hall–Kier alpha value is -3.02. The first-order valence-corrected chi connectivity index (χ1v) is 9.07. The van der Waals surface area contributed by atoms with Crippen molar-refractivity contribution in [2.24, 2.45) is 0 Å². The fourth-order valence-electron chi connectivity index (χ4n) is 3.24. The third kappa shape index (κ3) is 4.82. The lowest BCUT2D eigenvalue weighted by molar-refractivity contribution is -0.136. The van der Waals surface area contributed by atoms with Gasteiger partial charge in [0.2, 0.25) is 5.78 Å². The Morgan fingerprint density at radius 1 is 1.07 bits per heavy atom. The number of aromatic nitrogens is 1. The van der Waals surface area contributed by atoms with Crippen LogP contribution in [0.15, 0.2) is 30.3 Å². The number of aryl methyl sites for hydroxylation is 1. The zero-order valence-corrected chi connectivity index (χ0v) is 17.2. The summed E-state index contributed by atoms with van der Waals surface area (Å²) in [5, 5.41) is 0. The molecule has 0 fully saturated rings. The van der Waals surface area contributed by atoms with E-state index in [4.69, 9.17) is 14.2 Å². The van der Waals surface area contributed by atoms with Crippen LogP contribution in [0.5, 0.6) is 11.5 Å². The van der Waals surface area contributed by atoms with Crippen molar-refractivity contribution in [3.05, 3.63) is 52.9 Å². The van der Waals surface area contributed by atoms with Crippen LogP contribution < -0.4 is 9.47 Å². The van der Waals surface area contributed by atoms with Crippen LogP contribution in [0, 0.1) is 13.8 Å². The van der Waals surface area contributed by atoms with Gasteiger partial charge in [-0.3, -0.25) is 4.79 Å². The lowest BCUT2D eigenvalue weighted by Gasteiger charge is -2.13. The second-order valence-corrected chi connectivity index (χ2v) is 6.73. The van der Waals surface area contributed by atoms with Crippen LogP contribution in [0.25, 0.3) is 6.08 Å². The Balaban J connectivity index is 2.00. The molecule has 6 nitrogen and oxygen atoms in total. The molecule has 28 heavy (non-hydrogen) atoms. The summed E-state index contributed by atoms with van der Waals surface area (Å²) in [6, 6.07) is 7.38. The summed E-state index contributed by atoms with van der Waals surface area (Å²) >= 11 is 0. The van der Waals surface area contributed by atoms with Crippen LogP contribution in [0.2, 0.25) is 0 Å². The topological polar surface area (TPSA) is 66.8 Å². The molecule has 2 aromatic rings. The maximum atomic E-state index is 12.4. The fraction of sp³-hybridized carbons (Fsp3) is 0.364. The minimum atomic E-state index is -0.583. The number of hydrogen-bond donors (Lipinski definition) is 0. The van der Waals surface area contributed by atoms with Gasteiger partial charge in [0, 0.05) is 29.1 Å². The number of esters is 1. The molecule has 150 valence electrons. The zero-order valence-electron chi connectivity index (χ0n) is 17.2. The smallest absolute Gasteiger partial charge is 0.331 e. The van der Waals surface area contributed by atoms with Gasteiger partial charge in [0.15, 0.2) is 18.1 Å². The Kier molecular flexibility index (Phi) is 7.04. The van der Waals surface area contributed by atoms with Gasteiger partial charge in [-0.05, 0) is 57.5 Å². The quantitative estimate of drug-likeness (QED) is 0.388. The lowest BCUT2D eigenvalue weighted by atomic mass is 10.1. The van der Waals surface area contributed by atoms with E-state index < -0.39 is 5.97 Å². The van der Waals surface area contributed by atoms with Crippen LogP contribution in [0.3, 0.4) is 0 Å². The molecule has 1 aromatic heterocycles. The van der Waals surface area contributed by atoms with Gasteiger partial charge in [-0.1, -0.05) is 6.07 Å². The number of ether oxygens (including phenoxy) is 3. The number of nitrogens with zero attached hydrogens (tertiary/aromatic N) is 1. The van der Waals surface area contributed by atoms with E-state index in [0.29, 0.717) is 17.1 Å². The lowest BCUT2D eigenvalue weighted by Crippen LogP contribution is -2.14. The summed E-state index contributed by atoms with van der Waals surface area (Å²) in [6.45, 7) is 7.69. The van der Waals surface area contributed by atoms with Crippen LogP contribution in [0.1, 0.15) is 47.2 Å². The van der Waals surface area contributed by atoms with Crippen molar-refractivity contribution in [3.63, 3.8) is 0 Å². The molecule has 0 aliphatic heterocycles. The molecular weight excluding hydrogens is 358 g/mol. The summed E-state index contributed by atoms with van der Waals surface area (Å²) in [6.07, 6.45) is 2.88. The monoisotopic (exact) mass is 385 g/mol. The average Bonchev–Trinajstić information content (AvgIpc) is 2.98. The van der Waals surface area contributed by atoms with Gasteiger partial charge < -0.3 is 18.8 Å². The van der Waals surface area contributed by atoms with Crippen LogP contribution in [-0.2, 0) is 9.53 Å². The zero-order chi connectivity index (χ0) is 20.8. The molecule has 0 aliphatic carbocycles. The van der Waals surface area contributed by atoms with Crippen molar-refractivity contribution in [2.75, 3.05) is 20.8 Å². The predicted octanol–water partition coefficient (Wildman–Crippen LogP) is 4.14. The molecule has 0 spiro atoms. The second-order valence-electron chi connectivity index (χ2n) is 6.73. The third-order valence-electron chi connectivity index (χ3n) is 4.47. The molecule has 0 atom stereocenters. The molecule has 0 radical (unpaired) electrons. The Morgan fingerprint density at radius 2 is 1.75 bits per heavy atom. The number of methoxy groups -OCH3 is 2. The average molecular weight is 385 g/mol. The van der Waals surface area contributed by atoms with Gasteiger partial charge in [0.25, 0.3) is 0 Å². The first-order chi connectivity index (χ1) is 13.3. The van der Waals surface area contributed by atoms with Gasteiger partial charge >= 0.3 is 5.97 Å². The minimum Gasteiger partial charge on any atom is -0.493 e. The summed E-state index contributed by atoms with van der Waals surface area (Å²) in [5.74, 6) is 0.370. The van der Waals surface area contributed by atoms with Gasteiger partial charge in [-0.2, -0.15) is 0 Å². The number of benzene rings is 1. The van der Waals surface area contributed by atoms with Crippen molar-refractivity contribution < 1.29 is 23.8 Å². The van der Waals surface area contributed by atoms with Gasteiger partial charge in [-0.15, -0.1) is 0 Å². The number of ketones is 1. The predicted molar refractivity (Wildman–Crippen MR) is 108 cm³/mol. The van der Waals surface area contributed by atoms with Crippen LogP contribution in [0.4, 0.5) is 0 Å². The number of hydrogen-bond acceptors (Lipinski definition) is 5. The van der Waals surface area contributed by atoms with E-state index in [1.54, 1.807) is 38.5 Å². The Morgan fingerprint density at radius 3 is 2.32 bits per heavy atom. The van der Waals surface area contributed by atoms with Gasteiger partial charge in [0.05, 0.1) is 14.2 Å². The van der Waals surface area contributed by atoms with Crippen LogP contribution in [-0.4, -0.2) is 37.1 Å². The highest BCUT2D eigenvalue weighted by Crippen LogP contribution is 2.28. The van der Waals surface area contributed by atoms with E-state index in [9.17, 15) is 9.59 Å². The van der Waals surface area contributed by atoms with E-state index in [0.717, 1.165) is 17.0 Å². The largest absolute Gasteiger partial charge is 0.493 e. The van der Waals surface area contributed by atoms with E-state index >= 15 is 0 Å².